The fourth-order valence-corrected chi connectivity index (χ4v) is 3.50. The SMILES string of the molecule is COc1ccc(C2Nc3ccccc3C(=O)N2CC2=CCC=CO2)cc1C. The number of fused-ring (bicyclic) bond motifs is 1. The Morgan fingerprint density at radius 2 is 2.11 bits per heavy atom. The molecule has 0 bridgehead atoms. The minimum absolute atomic E-state index is 0.0122. The molecule has 2 aromatic rings. The van der Waals surface area contributed by atoms with E-state index in [1.54, 1.807) is 13.4 Å². The summed E-state index contributed by atoms with van der Waals surface area (Å²) in [5.41, 5.74) is 3.55. The van der Waals surface area contributed by atoms with E-state index in [0.717, 1.165) is 34.7 Å². The van der Waals surface area contributed by atoms with Gasteiger partial charge < -0.3 is 19.7 Å². The summed E-state index contributed by atoms with van der Waals surface area (Å²) in [6, 6.07) is 13.6. The van der Waals surface area contributed by atoms with Crippen molar-refractivity contribution in [2.24, 2.45) is 0 Å². The van der Waals surface area contributed by atoms with Crippen molar-refractivity contribution in [1.29, 1.82) is 0 Å². The number of anilines is 1. The van der Waals surface area contributed by atoms with Crippen molar-refractivity contribution in [3.05, 3.63) is 83.3 Å². The molecule has 1 N–H and O–H groups in total. The average Bonchev–Trinajstić information content (AvgIpc) is 2.71. The predicted octanol–water partition coefficient (Wildman–Crippen LogP) is 4.39. The first-order valence-electron chi connectivity index (χ1n) is 8.99. The summed E-state index contributed by atoms with van der Waals surface area (Å²) in [5, 5.41) is 3.51. The molecule has 0 aliphatic carbocycles. The first-order valence-corrected chi connectivity index (χ1v) is 8.99. The number of nitrogens with one attached hydrogen (secondary N) is 1. The summed E-state index contributed by atoms with van der Waals surface area (Å²) in [6.45, 7) is 2.41. The first-order chi connectivity index (χ1) is 13.2. The number of amides is 1. The molecule has 2 aliphatic heterocycles. The predicted molar refractivity (Wildman–Crippen MR) is 104 cm³/mol. The van der Waals surface area contributed by atoms with E-state index in [4.69, 9.17) is 9.47 Å². The molecule has 138 valence electrons. The molecular formula is C22H22N2O3. The van der Waals surface area contributed by atoms with E-state index in [2.05, 4.69) is 11.4 Å². The smallest absolute Gasteiger partial charge is 0.258 e. The number of benzene rings is 2. The maximum atomic E-state index is 13.2. The summed E-state index contributed by atoms with van der Waals surface area (Å²) < 4.78 is 11.0. The number of hydrogen-bond donors (Lipinski definition) is 1. The monoisotopic (exact) mass is 362 g/mol. The van der Waals surface area contributed by atoms with Gasteiger partial charge >= 0.3 is 0 Å². The Morgan fingerprint density at radius 1 is 1.26 bits per heavy atom. The zero-order valence-corrected chi connectivity index (χ0v) is 15.4. The maximum Gasteiger partial charge on any atom is 0.258 e. The third-order valence-electron chi connectivity index (χ3n) is 4.88. The zero-order chi connectivity index (χ0) is 18.8. The lowest BCUT2D eigenvalue weighted by Crippen LogP contribution is -2.44. The largest absolute Gasteiger partial charge is 0.496 e. The van der Waals surface area contributed by atoms with Crippen molar-refractivity contribution >= 4 is 11.6 Å². The van der Waals surface area contributed by atoms with Gasteiger partial charge in [-0.25, -0.2) is 0 Å². The van der Waals surface area contributed by atoms with E-state index in [1.165, 1.54) is 0 Å². The van der Waals surface area contributed by atoms with E-state index >= 15 is 0 Å². The third-order valence-corrected chi connectivity index (χ3v) is 4.88. The summed E-state index contributed by atoms with van der Waals surface area (Å²) >= 11 is 0. The molecule has 0 radical (unpaired) electrons. The Hall–Kier alpha value is -3.21. The fourth-order valence-electron chi connectivity index (χ4n) is 3.50. The normalized spacial score (nSPS) is 18.3. The van der Waals surface area contributed by atoms with Gasteiger partial charge in [-0.15, -0.1) is 0 Å². The van der Waals surface area contributed by atoms with Gasteiger partial charge in [0.1, 0.15) is 17.7 Å². The molecule has 1 amide bonds. The second-order valence-electron chi connectivity index (χ2n) is 6.65. The molecule has 0 fully saturated rings. The van der Waals surface area contributed by atoms with Crippen molar-refractivity contribution in [3.63, 3.8) is 0 Å². The van der Waals surface area contributed by atoms with Crippen LogP contribution in [0.2, 0.25) is 0 Å². The standard InChI is InChI=1S/C22H22N2O3/c1-15-13-16(10-11-20(15)26-2)21-23-19-9-4-3-8-18(19)22(25)24(21)14-17-7-5-6-12-27-17/h3-4,6-13,21,23H,5,14H2,1-2H3. The molecule has 2 aliphatic rings. The molecule has 0 saturated carbocycles. The van der Waals surface area contributed by atoms with Crippen LogP contribution >= 0.6 is 0 Å². The lowest BCUT2D eigenvalue weighted by atomic mass is 10.0. The quantitative estimate of drug-likeness (QED) is 0.876. The number of aryl methyl sites for hydroxylation is 1. The minimum atomic E-state index is -0.285. The summed E-state index contributed by atoms with van der Waals surface area (Å²) in [4.78, 5) is 15.1. The lowest BCUT2D eigenvalue weighted by molar-refractivity contribution is 0.0675. The van der Waals surface area contributed by atoms with E-state index in [0.29, 0.717) is 12.1 Å². The summed E-state index contributed by atoms with van der Waals surface area (Å²) in [7, 11) is 1.66. The van der Waals surface area contributed by atoms with Crippen LogP contribution in [-0.4, -0.2) is 24.5 Å². The van der Waals surface area contributed by atoms with E-state index < -0.39 is 0 Å². The highest BCUT2D eigenvalue weighted by Gasteiger charge is 2.33. The van der Waals surface area contributed by atoms with Crippen molar-refractivity contribution < 1.29 is 14.3 Å². The Labute approximate surface area is 158 Å². The van der Waals surface area contributed by atoms with Crippen LogP contribution in [0.25, 0.3) is 0 Å². The van der Waals surface area contributed by atoms with E-state index in [-0.39, 0.29) is 12.1 Å². The topological polar surface area (TPSA) is 50.8 Å². The molecule has 0 saturated heterocycles. The van der Waals surface area contributed by atoms with Crippen LogP contribution in [0, 0.1) is 6.92 Å². The van der Waals surface area contributed by atoms with Crippen LogP contribution in [0.3, 0.4) is 0 Å². The summed E-state index contributed by atoms with van der Waals surface area (Å²) in [5.74, 6) is 1.60. The number of nitrogens with zero attached hydrogens (tertiary/aromatic N) is 1. The molecule has 1 atom stereocenters. The van der Waals surface area contributed by atoms with E-state index in [9.17, 15) is 4.79 Å². The molecule has 2 heterocycles. The number of carbonyl (C=O) groups is 1. The number of methoxy groups -OCH3 is 1. The molecule has 5 heteroatoms. The maximum absolute atomic E-state index is 13.2. The van der Waals surface area contributed by atoms with Crippen LogP contribution in [-0.2, 0) is 4.74 Å². The van der Waals surface area contributed by atoms with Crippen LogP contribution in [0.15, 0.2) is 66.6 Å². The van der Waals surface area contributed by atoms with Crippen LogP contribution < -0.4 is 10.1 Å². The highest BCUT2D eigenvalue weighted by molar-refractivity contribution is 6.01. The molecule has 4 rings (SSSR count). The van der Waals surface area contributed by atoms with Gasteiger partial charge in [0.25, 0.3) is 5.91 Å². The molecular weight excluding hydrogens is 340 g/mol. The van der Waals surface area contributed by atoms with Gasteiger partial charge in [-0.1, -0.05) is 18.2 Å². The fraction of sp³-hybridized carbons (Fsp3) is 0.227. The number of carbonyl (C=O) groups excluding carboxylic acids is 1. The average molecular weight is 362 g/mol. The summed E-state index contributed by atoms with van der Waals surface area (Å²) in [6.07, 6.45) is 6.15. The Kier molecular flexibility index (Phi) is 4.59. The van der Waals surface area contributed by atoms with Crippen LogP contribution in [0.1, 0.15) is 34.1 Å². The number of ether oxygens (including phenoxy) is 2. The minimum Gasteiger partial charge on any atom is -0.496 e. The van der Waals surface area contributed by atoms with Gasteiger partial charge in [0.15, 0.2) is 0 Å². The lowest BCUT2D eigenvalue weighted by Gasteiger charge is -2.38. The molecule has 5 nitrogen and oxygen atoms in total. The third kappa shape index (κ3) is 3.28. The van der Waals surface area contributed by atoms with Crippen LogP contribution in [0.5, 0.6) is 5.75 Å². The van der Waals surface area contributed by atoms with Crippen molar-refractivity contribution in [3.8, 4) is 5.75 Å². The molecule has 0 aromatic heterocycles. The first kappa shape index (κ1) is 17.2. The van der Waals surface area contributed by atoms with Crippen molar-refractivity contribution in [2.75, 3.05) is 19.0 Å². The molecule has 27 heavy (non-hydrogen) atoms. The van der Waals surface area contributed by atoms with Gasteiger partial charge in [-0.2, -0.15) is 0 Å². The van der Waals surface area contributed by atoms with E-state index in [1.807, 2.05) is 60.4 Å². The Balaban J connectivity index is 1.73. The highest BCUT2D eigenvalue weighted by Crippen LogP contribution is 2.35. The highest BCUT2D eigenvalue weighted by atomic mass is 16.5. The van der Waals surface area contributed by atoms with Gasteiger partial charge in [0.2, 0.25) is 0 Å². The second-order valence-corrected chi connectivity index (χ2v) is 6.65. The van der Waals surface area contributed by atoms with Gasteiger partial charge in [0, 0.05) is 5.69 Å². The molecule has 0 spiro atoms. The zero-order valence-electron chi connectivity index (χ0n) is 15.4. The molecule has 2 aromatic carbocycles. The number of hydrogen-bond acceptors (Lipinski definition) is 4. The van der Waals surface area contributed by atoms with Crippen molar-refractivity contribution in [1.82, 2.24) is 4.90 Å². The number of para-hydroxylation sites is 1. The Bertz CT molecular complexity index is 933. The second kappa shape index (κ2) is 7.19. The van der Waals surface area contributed by atoms with Gasteiger partial charge in [0.05, 0.1) is 25.5 Å². The van der Waals surface area contributed by atoms with Gasteiger partial charge in [-0.05, 0) is 60.9 Å². The number of allylic oxidation sites excluding steroid dienone is 2. The van der Waals surface area contributed by atoms with Crippen LogP contribution in [0.4, 0.5) is 5.69 Å². The Morgan fingerprint density at radius 3 is 2.85 bits per heavy atom. The molecule has 1 unspecified atom stereocenters. The number of rotatable bonds is 4. The van der Waals surface area contributed by atoms with Gasteiger partial charge in [-0.3, -0.25) is 4.79 Å². The van der Waals surface area contributed by atoms with Crippen molar-refractivity contribution in [2.45, 2.75) is 19.5 Å².